The summed E-state index contributed by atoms with van der Waals surface area (Å²) in [6, 6.07) is 29.7. The van der Waals surface area contributed by atoms with Gasteiger partial charge in [-0.2, -0.15) is 0 Å². The van der Waals surface area contributed by atoms with Crippen molar-refractivity contribution in [1.29, 1.82) is 0 Å². The molecule has 4 aromatic carbocycles. The van der Waals surface area contributed by atoms with Gasteiger partial charge in [-0.15, -0.1) is 0 Å². The number of nitrogens with two attached hydrogens (primary N) is 1. The average Bonchev–Trinajstić information content (AvgIpc) is 3.25. The highest BCUT2D eigenvalue weighted by Crippen LogP contribution is 2.14. The van der Waals surface area contributed by atoms with Crippen LogP contribution in [0.4, 0.5) is 4.79 Å². The van der Waals surface area contributed by atoms with Crippen molar-refractivity contribution < 1.29 is 49.0 Å². The van der Waals surface area contributed by atoms with Gasteiger partial charge in [0.1, 0.15) is 29.3 Å². The highest BCUT2D eigenvalue weighted by Gasteiger charge is 2.08. The average molecular weight is 777 g/mol. The van der Waals surface area contributed by atoms with E-state index in [0.717, 1.165) is 47.0 Å². The highest BCUT2D eigenvalue weighted by atomic mass is 16.5. The summed E-state index contributed by atoms with van der Waals surface area (Å²) in [5.74, 6) is 2.69. The number of nitrogens with zero attached hydrogens (tertiary/aromatic N) is 2. The number of aldehydes is 1. The van der Waals surface area contributed by atoms with E-state index >= 15 is 0 Å². The Morgan fingerprint density at radius 2 is 1.11 bits per heavy atom. The van der Waals surface area contributed by atoms with Gasteiger partial charge in [-0.1, -0.05) is 24.3 Å². The standard InChI is InChI=1S/C11H14BNO3.C10H15NO2.C10H13NO2.C8H8O2.C2H7NO/c1-16-10-4-2-9(3-5-10)8-13(6-7-14)11(12)15;2*1-13-10-4-2-9(3-5-10)8-11-6-7-12;1-10-8-4-2-7(6-9)3-5-8;3-1-2-4/h2-5,14H,6-8H2,1H3;2-5,11-12H,6-8H2,1H3;2-5,8,12H,6-7H2,1H3;2-6H,1H3;4H,1-3H2. The van der Waals surface area contributed by atoms with Crippen molar-refractivity contribution in [3.05, 3.63) is 119 Å². The Labute approximate surface area is 331 Å². The number of rotatable bonds is 17. The van der Waals surface area contributed by atoms with Gasteiger partial charge in [0, 0.05) is 44.5 Å². The van der Waals surface area contributed by atoms with E-state index in [2.05, 4.69) is 10.3 Å². The molecule has 1 amide bonds. The lowest BCUT2D eigenvalue weighted by Gasteiger charge is -2.20. The number of carbonyl (C=O) groups is 2. The van der Waals surface area contributed by atoms with Gasteiger partial charge in [-0.3, -0.25) is 14.6 Å². The quantitative estimate of drug-likeness (QED) is 0.0396. The third-order valence-electron chi connectivity index (χ3n) is 6.96. The predicted octanol–water partition coefficient (Wildman–Crippen LogP) is 3.11. The van der Waals surface area contributed by atoms with Crippen LogP contribution in [0.2, 0.25) is 0 Å². The van der Waals surface area contributed by atoms with Gasteiger partial charge in [-0.05, 0) is 89.5 Å². The number of amides is 1. The van der Waals surface area contributed by atoms with Crippen molar-refractivity contribution >= 4 is 26.2 Å². The molecule has 0 heterocycles. The Hall–Kier alpha value is -5.29. The smallest absolute Gasteiger partial charge is 0.200 e. The number of ether oxygens (including phenoxy) is 4. The Kier molecular flexibility index (Phi) is 31.0. The zero-order valence-electron chi connectivity index (χ0n) is 32.8. The Balaban J connectivity index is 0.000000704. The number of aliphatic imine (C=N–C) groups is 1. The molecule has 0 saturated carbocycles. The summed E-state index contributed by atoms with van der Waals surface area (Å²) < 4.78 is 20.0. The fourth-order valence-corrected chi connectivity index (χ4v) is 3.99. The van der Waals surface area contributed by atoms with E-state index in [1.54, 1.807) is 58.9 Å². The van der Waals surface area contributed by atoms with Crippen LogP contribution in [0.1, 0.15) is 27.0 Å². The molecule has 0 aliphatic rings. The number of aliphatic hydroxyl groups excluding tert-OH is 4. The number of aliphatic hydroxyl groups is 4. The summed E-state index contributed by atoms with van der Waals surface area (Å²) >= 11 is 0. The molecule has 0 atom stereocenters. The third kappa shape index (κ3) is 24.9. The van der Waals surface area contributed by atoms with Gasteiger partial charge < -0.3 is 55.3 Å². The van der Waals surface area contributed by atoms with Crippen molar-refractivity contribution in [1.82, 2.24) is 10.2 Å². The Bertz CT molecular complexity index is 1560. The maximum atomic E-state index is 11.0. The van der Waals surface area contributed by atoms with Crippen LogP contribution in [-0.2, 0) is 13.1 Å². The molecule has 2 radical (unpaired) electrons. The summed E-state index contributed by atoms with van der Waals surface area (Å²) in [5.41, 5.74) is 8.58. The van der Waals surface area contributed by atoms with Crippen molar-refractivity contribution in [2.45, 2.75) is 13.1 Å². The molecule has 0 aromatic heterocycles. The third-order valence-corrected chi connectivity index (χ3v) is 6.96. The summed E-state index contributed by atoms with van der Waals surface area (Å²) in [6.45, 7) is 3.13. The molecular formula is C41H57BN4O10. The topological polar surface area (TPSA) is 206 Å². The molecule has 304 valence electrons. The van der Waals surface area contributed by atoms with E-state index in [1.165, 1.54) is 10.5 Å². The predicted molar refractivity (Wildman–Crippen MR) is 220 cm³/mol. The van der Waals surface area contributed by atoms with Crippen molar-refractivity contribution in [2.75, 3.05) is 81.0 Å². The normalized spacial score (nSPS) is 9.73. The number of methoxy groups -OCH3 is 4. The number of carbonyl (C=O) groups excluding carboxylic acids is 2. The van der Waals surface area contributed by atoms with Crippen LogP contribution in [0.5, 0.6) is 23.0 Å². The number of hydrogen-bond donors (Lipinski definition) is 6. The molecule has 7 N–H and O–H groups in total. The molecule has 0 unspecified atom stereocenters. The van der Waals surface area contributed by atoms with Crippen LogP contribution in [-0.4, -0.2) is 133 Å². The van der Waals surface area contributed by atoms with Crippen LogP contribution < -0.4 is 30.0 Å². The van der Waals surface area contributed by atoms with E-state index in [9.17, 15) is 9.59 Å². The van der Waals surface area contributed by atoms with Gasteiger partial charge in [0.2, 0.25) is 7.85 Å². The summed E-state index contributed by atoms with van der Waals surface area (Å²) in [6.07, 6.45) is 2.54. The minimum absolute atomic E-state index is 0.0899. The second-order valence-electron chi connectivity index (χ2n) is 11.0. The van der Waals surface area contributed by atoms with E-state index < -0.39 is 5.81 Å². The van der Waals surface area contributed by atoms with Crippen LogP contribution in [0.25, 0.3) is 0 Å². The van der Waals surface area contributed by atoms with Gasteiger partial charge in [0.25, 0.3) is 0 Å². The first kappa shape index (κ1) is 50.7. The van der Waals surface area contributed by atoms with E-state index in [1.807, 2.05) is 72.8 Å². The van der Waals surface area contributed by atoms with E-state index in [0.29, 0.717) is 31.7 Å². The lowest BCUT2D eigenvalue weighted by Crippen LogP contribution is -2.31. The molecule has 0 aliphatic heterocycles. The first-order chi connectivity index (χ1) is 27.2. The molecule has 0 aliphatic carbocycles. The summed E-state index contributed by atoms with van der Waals surface area (Å²) in [4.78, 5) is 26.6. The van der Waals surface area contributed by atoms with Gasteiger partial charge in [-0.25, -0.2) is 0 Å². The van der Waals surface area contributed by atoms with E-state index in [4.69, 9.17) is 53.0 Å². The summed E-state index contributed by atoms with van der Waals surface area (Å²) in [7, 11) is 11.7. The zero-order chi connectivity index (χ0) is 41.8. The SMILES string of the molecule is COc1ccc(C=NCCO)cc1.COc1ccc(C=O)cc1.COc1ccc(CNCCO)cc1.NCCO.[B]C(=O)N(CCO)Cc1ccc(OC)cc1. The van der Waals surface area contributed by atoms with Gasteiger partial charge in [0.15, 0.2) is 5.81 Å². The van der Waals surface area contributed by atoms with Crippen LogP contribution >= 0.6 is 0 Å². The molecule has 14 nitrogen and oxygen atoms in total. The van der Waals surface area contributed by atoms with Crippen molar-refractivity contribution in [3.8, 4) is 23.0 Å². The molecule has 4 rings (SSSR count). The number of benzene rings is 4. The molecule has 15 heteroatoms. The molecule has 0 bridgehead atoms. The van der Waals surface area contributed by atoms with E-state index in [-0.39, 0.29) is 33.0 Å². The molecule has 4 aromatic rings. The monoisotopic (exact) mass is 776 g/mol. The highest BCUT2D eigenvalue weighted by molar-refractivity contribution is 6.56. The zero-order valence-corrected chi connectivity index (χ0v) is 32.8. The van der Waals surface area contributed by atoms with Crippen LogP contribution in [0.15, 0.2) is 102 Å². The molecule has 0 saturated heterocycles. The Morgan fingerprint density at radius 1 is 0.679 bits per heavy atom. The fourth-order valence-electron chi connectivity index (χ4n) is 3.99. The van der Waals surface area contributed by atoms with Crippen LogP contribution in [0.3, 0.4) is 0 Å². The number of nitrogens with one attached hydrogen (secondary N) is 1. The minimum Gasteiger partial charge on any atom is -0.497 e. The largest absolute Gasteiger partial charge is 0.497 e. The second-order valence-corrected chi connectivity index (χ2v) is 11.0. The molecule has 0 spiro atoms. The summed E-state index contributed by atoms with van der Waals surface area (Å²) in [5, 5.41) is 36.7. The van der Waals surface area contributed by atoms with Crippen molar-refractivity contribution in [3.63, 3.8) is 0 Å². The molecule has 56 heavy (non-hydrogen) atoms. The van der Waals surface area contributed by atoms with Gasteiger partial charge in [0.05, 0.1) is 61.4 Å². The Morgan fingerprint density at radius 3 is 1.46 bits per heavy atom. The van der Waals surface area contributed by atoms with Crippen LogP contribution in [0, 0.1) is 0 Å². The maximum absolute atomic E-state index is 11.0. The first-order valence-corrected chi connectivity index (χ1v) is 17.6. The molecular weight excluding hydrogens is 719 g/mol. The lowest BCUT2D eigenvalue weighted by atomic mass is 10.1. The minimum atomic E-state index is -0.537. The van der Waals surface area contributed by atoms with Crippen molar-refractivity contribution in [2.24, 2.45) is 10.7 Å². The maximum Gasteiger partial charge on any atom is 0.200 e. The fraction of sp³-hybridized carbons (Fsp3) is 0.341. The van der Waals surface area contributed by atoms with Gasteiger partial charge >= 0.3 is 0 Å². The lowest BCUT2D eigenvalue weighted by molar-refractivity contribution is 0.112. The molecule has 0 fully saturated rings. The first-order valence-electron chi connectivity index (χ1n) is 17.6. The second kappa shape index (κ2) is 34.2. The number of hydrogen-bond acceptors (Lipinski definition) is 13.